The lowest BCUT2D eigenvalue weighted by Gasteiger charge is -2.26. The Morgan fingerprint density at radius 3 is 2.90 bits per heavy atom. The molecule has 0 saturated carbocycles. The Labute approximate surface area is 126 Å². The molecule has 1 amide bonds. The number of aliphatic carboxylic acids is 1. The second-order valence-electron chi connectivity index (χ2n) is 5.23. The highest BCUT2D eigenvalue weighted by molar-refractivity contribution is 7.13. The summed E-state index contributed by atoms with van der Waals surface area (Å²) in [5.74, 6) is -1.60. The van der Waals surface area contributed by atoms with Gasteiger partial charge in [0.1, 0.15) is 0 Å². The van der Waals surface area contributed by atoms with Crippen LogP contribution in [0.5, 0.6) is 0 Å². The number of carboxylic acid groups (broad SMARTS) is 1. The Morgan fingerprint density at radius 1 is 1.48 bits per heavy atom. The van der Waals surface area contributed by atoms with Gasteiger partial charge < -0.3 is 19.6 Å². The van der Waals surface area contributed by atoms with Gasteiger partial charge in [-0.1, -0.05) is 0 Å². The third-order valence-corrected chi connectivity index (χ3v) is 4.69. The fourth-order valence-electron chi connectivity index (χ4n) is 2.55. The van der Waals surface area contributed by atoms with Gasteiger partial charge in [-0.3, -0.25) is 9.59 Å². The molecule has 0 spiro atoms. The minimum absolute atomic E-state index is 0.0930. The predicted octanol–water partition coefficient (Wildman–Crippen LogP) is 0.413. The van der Waals surface area contributed by atoms with Crippen LogP contribution in [0.3, 0.4) is 0 Å². The molecule has 1 N–H and O–H groups in total. The minimum atomic E-state index is -0.905. The van der Waals surface area contributed by atoms with Gasteiger partial charge in [-0.05, 0) is 0 Å². The summed E-state index contributed by atoms with van der Waals surface area (Å²) in [4.78, 5) is 31.1. The van der Waals surface area contributed by atoms with Crippen molar-refractivity contribution in [2.24, 2.45) is 5.92 Å². The van der Waals surface area contributed by atoms with E-state index in [4.69, 9.17) is 9.84 Å². The number of morpholine rings is 1. The topological polar surface area (TPSA) is 83.0 Å². The van der Waals surface area contributed by atoms with E-state index >= 15 is 0 Å². The van der Waals surface area contributed by atoms with Crippen molar-refractivity contribution in [2.45, 2.75) is 13.0 Å². The zero-order chi connectivity index (χ0) is 14.8. The van der Waals surface area contributed by atoms with Gasteiger partial charge in [0, 0.05) is 31.4 Å². The summed E-state index contributed by atoms with van der Waals surface area (Å²) in [6.45, 7) is 3.75. The van der Waals surface area contributed by atoms with Gasteiger partial charge in [0.05, 0.1) is 31.4 Å². The second kappa shape index (κ2) is 5.98. The summed E-state index contributed by atoms with van der Waals surface area (Å²) in [5.41, 5.74) is 0.820. The monoisotopic (exact) mass is 311 g/mol. The first-order valence-corrected chi connectivity index (χ1v) is 7.79. The molecular formula is C13H17N3O4S. The molecule has 2 aliphatic heterocycles. The van der Waals surface area contributed by atoms with Crippen LogP contribution in [-0.4, -0.2) is 59.7 Å². The number of amides is 1. The van der Waals surface area contributed by atoms with E-state index in [1.165, 1.54) is 0 Å². The molecule has 114 valence electrons. The average molecular weight is 311 g/mol. The molecule has 1 atom stereocenters. The smallest absolute Gasteiger partial charge is 0.308 e. The zero-order valence-electron chi connectivity index (χ0n) is 11.5. The molecule has 1 aromatic rings. The molecule has 8 heteroatoms. The van der Waals surface area contributed by atoms with Crippen molar-refractivity contribution in [3.63, 3.8) is 0 Å². The van der Waals surface area contributed by atoms with Gasteiger partial charge in [0.25, 0.3) is 0 Å². The van der Waals surface area contributed by atoms with E-state index in [9.17, 15) is 9.59 Å². The van der Waals surface area contributed by atoms with Crippen molar-refractivity contribution in [1.29, 1.82) is 0 Å². The van der Waals surface area contributed by atoms with Crippen LogP contribution >= 0.6 is 11.3 Å². The molecule has 7 nitrogen and oxygen atoms in total. The Bertz CT molecular complexity index is 541. The van der Waals surface area contributed by atoms with Crippen LogP contribution in [0.25, 0.3) is 0 Å². The molecule has 2 fully saturated rings. The number of ether oxygens (including phenoxy) is 1. The normalized spacial score (nSPS) is 22.9. The summed E-state index contributed by atoms with van der Waals surface area (Å²) in [6, 6.07) is 0. The van der Waals surface area contributed by atoms with E-state index in [0.29, 0.717) is 19.8 Å². The van der Waals surface area contributed by atoms with Crippen LogP contribution in [0.2, 0.25) is 0 Å². The lowest BCUT2D eigenvalue weighted by Crippen LogP contribution is -2.36. The Hall–Kier alpha value is -1.67. The van der Waals surface area contributed by atoms with Gasteiger partial charge in [0.15, 0.2) is 5.13 Å². The van der Waals surface area contributed by atoms with Gasteiger partial charge in [-0.2, -0.15) is 0 Å². The van der Waals surface area contributed by atoms with E-state index in [0.717, 1.165) is 23.9 Å². The predicted molar refractivity (Wildman–Crippen MR) is 76.3 cm³/mol. The summed E-state index contributed by atoms with van der Waals surface area (Å²) < 4.78 is 5.31. The molecule has 1 aromatic heterocycles. The van der Waals surface area contributed by atoms with E-state index < -0.39 is 11.9 Å². The Kier molecular flexibility index (Phi) is 4.07. The first kappa shape index (κ1) is 14.3. The number of hydrogen-bond donors (Lipinski definition) is 1. The van der Waals surface area contributed by atoms with Crippen LogP contribution in [-0.2, 0) is 20.9 Å². The van der Waals surface area contributed by atoms with Gasteiger partial charge in [-0.25, -0.2) is 4.98 Å². The Balaban J connectivity index is 1.62. The van der Waals surface area contributed by atoms with Crippen molar-refractivity contribution in [2.75, 3.05) is 37.7 Å². The van der Waals surface area contributed by atoms with Crippen LogP contribution in [0, 0.1) is 5.92 Å². The maximum absolute atomic E-state index is 11.8. The molecule has 2 saturated heterocycles. The van der Waals surface area contributed by atoms with E-state index in [1.54, 1.807) is 16.2 Å². The van der Waals surface area contributed by atoms with E-state index in [2.05, 4.69) is 9.88 Å². The molecule has 2 aliphatic rings. The number of hydrogen-bond acceptors (Lipinski definition) is 6. The van der Waals surface area contributed by atoms with Crippen LogP contribution < -0.4 is 4.90 Å². The third kappa shape index (κ3) is 3.16. The number of carbonyl (C=O) groups excluding carboxylic acids is 1. The molecule has 3 rings (SSSR count). The second-order valence-corrected chi connectivity index (χ2v) is 6.07. The summed E-state index contributed by atoms with van der Waals surface area (Å²) in [5, 5.41) is 11.9. The van der Waals surface area contributed by atoms with Crippen LogP contribution in [0.4, 0.5) is 5.13 Å². The molecule has 0 radical (unpaired) electrons. The zero-order valence-corrected chi connectivity index (χ0v) is 12.3. The SMILES string of the molecule is O=C(O)[C@H]1CC(=O)N(Cc2csc(N3CCOCC3)n2)C1. The highest BCUT2D eigenvalue weighted by Gasteiger charge is 2.34. The summed E-state index contributed by atoms with van der Waals surface area (Å²) in [6.07, 6.45) is 0.0930. The maximum atomic E-state index is 11.8. The van der Waals surface area contributed by atoms with E-state index in [-0.39, 0.29) is 18.9 Å². The van der Waals surface area contributed by atoms with Crippen LogP contribution in [0.15, 0.2) is 5.38 Å². The standard InChI is InChI=1S/C13H17N3O4S/c17-11-5-9(12(18)19)6-16(11)7-10-8-21-13(14-10)15-1-3-20-4-2-15/h8-9H,1-7H2,(H,18,19)/t9-/m0/s1. The van der Waals surface area contributed by atoms with Crippen molar-refractivity contribution in [3.8, 4) is 0 Å². The molecule has 3 heterocycles. The van der Waals surface area contributed by atoms with E-state index in [1.807, 2.05) is 5.38 Å². The highest BCUT2D eigenvalue weighted by atomic mass is 32.1. The number of rotatable bonds is 4. The van der Waals surface area contributed by atoms with Crippen molar-refractivity contribution in [1.82, 2.24) is 9.88 Å². The van der Waals surface area contributed by atoms with Crippen molar-refractivity contribution >= 4 is 28.3 Å². The lowest BCUT2D eigenvalue weighted by molar-refractivity contribution is -0.141. The van der Waals surface area contributed by atoms with Gasteiger partial charge >= 0.3 is 5.97 Å². The fraction of sp³-hybridized carbons (Fsp3) is 0.615. The largest absolute Gasteiger partial charge is 0.481 e. The highest BCUT2D eigenvalue weighted by Crippen LogP contribution is 2.25. The summed E-state index contributed by atoms with van der Waals surface area (Å²) in [7, 11) is 0. The Morgan fingerprint density at radius 2 is 2.24 bits per heavy atom. The lowest BCUT2D eigenvalue weighted by atomic mass is 10.1. The number of likely N-dealkylation sites (tertiary alicyclic amines) is 1. The first-order chi connectivity index (χ1) is 10.1. The van der Waals surface area contributed by atoms with Gasteiger partial charge in [-0.15, -0.1) is 11.3 Å². The quantitative estimate of drug-likeness (QED) is 0.867. The average Bonchev–Trinajstić information content (AvgIpc) is 3.08. The first-order valence-electron chi connectivity index (χ1n) is 6.91. The van der Waals surface area contributed by atoms with Gasteiger partial charge in [0.2, 0.25) is 5.91 Å². The molecule has 0 aromatic carbocycles. The molecular weight excluding hydrogens is 294 g/mol. The fourth-order valence-corrected chi connectivity index (χ4v) is 3.43. The third-order valence-electron chi connectivity index (χ3n) is 3.74. The summed E-state index contributed by atoms with van der Waals surface area (Å²) >= 11 is 1.55. The maximum Gasteiger partial charge on any atom is 0.308 e. The van der Waals surface area contributed by atoms with Crippen molar-refractivity contribution < 1.29 is 19.4 Å². The number of anilines is 1. The molecule has 0 bridgehead atoms. The van der Waals surface area contributed by atoms with Crippen molar-refractivity contribution in [3.05, 3.63) is 11.1 Å². The molecule has 0 aliphatic carbocycles. The minimum Gasteiger partial charge on any atom is -0.481 e. The number of thiazole rings is 1. The van der Waals surface area contributed by atoms with Crippen LogP contribution in [0.1, 0.15) is 12.1 Å². The number of aromatic nitrogens is 1. The molecule has 0 unspecified atom stereocenters. The number of carboxylic acids is 1. The number of carbonyl (C=O) groups is 2. The number of nitrogens with zero attached hydrogens (tertiary/aromatic N) is 3. The molecule has 21 heavy (non-hydrogen) atoms.